The fourth-order valence-electron chi connectivity index (χ4n) is 3.50. The summed E-state index contributed by atoms with van der Waals surface area (Å²) in [5, 5.41) is 4.72. The maximum absolute atomic E-state index is 12.6. The number of amides is 1. The smallest absolute Gasteiger partial charge is 0.258 e. The van der Waals surface area contributed by atoms with Crippen LogP contribution in [0.25, 0.3) is 11.5 Å². The number of carbonyl (C=O) groups is 1. The van der Waals surface area contributed by atoms with E-state index >= 15 is 0 Å². The third-order valence-corrected chi connectivity index (χ3v) is 5.47. The maximum atomic E-state index is 12.6. The fraction of sp³-hybridized carbons (Fsp3) is 0.318. The molecule has 7 heteroatoms. The molecule has 6 nitrogen and oxygen atoms in total. The van der Waals surface area contributed by atoms with E-state index in [4.69, 9.17) is 16.1 Å². The first-order valence-corrected chi connectivity index (χ1v) is 10.1. The van der Waals surface area contributed by atoms with Gasteiger partial charge in [0.2, 0.25) is 5.91 Å². The summed E-state index contributed by atoms with van der Waals surface area (Å²) < 4.78 is 5.37. The van der Waals surface area contributed by atoms with Crippen LogP contribution in [0.3, 0.4) is 0 Å². The number of carbonyl (C=O) groups excluding carboxylic acids is 1. The molecule has 0 spiro atoms. The molecule has 29 heavy (non-hydrogen) atoms. The lowest BCUT2D eigenvalue weighted by Gasteiger charge is -2.34. The Bertz CT molecular complexity index is 996. The van der Waals surface area contributed by atoms with Crippen molar-refractivity contribution in [3.05, 3.63) is 70.5 Å². The summed E-state index contributed by atoms with van der Waals surface area (Å²) in [6.07, 6.45) is 0.459. The lowest BCUT2D eigenvalue weighted by atomic mass is 10.1. The van der Waals surface area contributed by atoms with Crippen molar-refractivity contribution in [2.24, 2.45) is 0 Å². The monoisotopic (exact) mass is 410 g/mol. The van der Waals surface area contributed by atoms with Gasteiger partial charge in [-0.15, -0.1) is 0 Å². The van der Waals surface area contributed by atoms with Gasteiger partial charge in [-0.3, -0.25) is 9.69 Å². The molecular formula is C22H23ClN4O2. The number of rotatable bonds is 5. The standard InChI is InChI=1S/C22H23ClN4O2/c1-16-5-2-3-6-17(16)14-21(28)27-11-9-26(10-12-27)15-20-24-22(29-25-20)18-7-4-8-19(23)13-18/h2-8,13H,9-12,14-15H2,1H3. The highest BCUT2D eigenvalue weighted by Crippen LogP contribution is 2.21. The SMILES string of the molecule is Cc1ccccc1CC(=O)N1CCN(Cc2noc(-c3cccc(Cl)c3)n2)CC1. The lowest BCUT2D eigenvalue weighted by Crippen LogP contribution is -2.48. The van der Waals surface area contributed by atoms with Crippen molar-refractivity contribution in [3.8, 4) is 11.5 Å². The summed E-state index contributed by atoms with van der Waals surface area (Å²) in [6, 6.07) is 15.4. The van der Waals surface area contributed by atoms with Crippen LogP contribution in [-0.2, 0) is 17.8 Å². The molecule has 1 saturated heterocycles. The average molecular weight is 411 g/mol. The Morgan fingerprint density at radius 2 is 1.90 bits per heavy atom. The minimum absolute atomic E-state index is 0.182. The van der Waals surface area contributed by atoms with Crippen LogP contribution in [0.15, 0.2) is 53.1 Å². The molecule has 1 aliphatic heterocycles. The van der Waals surface area contributed by atoms with Crippen molar-refractivity contribution in [3.63, 3.8) is 0 Å². The van der Waals surface area contributed by atoms with Gasteiger partial charge in [0, 0.05) is 36.8 Å². The Balaban J connectivity index is 1.30. The van der Waals surface area contributed by atoms with Gasteiger partial charge < -0.3 is 9.42 Å². The van der Waals surface area contributed by atoms with E-state index < -0.39 is 0 Å². The molecule has 0 saturated carbocycles. The predicted octanol–water partition coefficient (Wildman–Crippen LogP) is 3.59. The van der Waals surface area contributed by atoms with Crippen LogP contribution >= 0.6 is 11.6 Å². The summed E-state index contributed by atoms with van der Waals surface area (Å²) in [4.78, 5) is 21.3. The number of halogens is 1. The molecule has 3 aromatic rings. The highest BCUT2D eigenvalue weighted by Gasteiger charge is 2.23. The van der Waals surface area contributed by atoms with E-state index in [0.717, 1.165) is 29.8 Å². The van der Waals surface area contributed by atoms with E-state index in [1.54, 1.807) is 6.07 Å². The van der Waals surface area contributed by atoms with E-state index in [-0.39, 0.29) is 5.91 Å². The van der Waals surface area contributed by atoms with Gasteiger partial charge in [-0.1, -0.05) is 47.1 Å². The second-order valence-corrected chi connectivity index (χ2v) is 7.72. The van der Waals surface area contributed by atoms with E-state index in [1.165, 1.54) is 0 Å². The molecule has 1 fully saturated rings. The van der Waals surface area contributed by atoms with Crippen molar-refractivity contribution in [2.75, 3.05) is 26.2 Å². The highest BCUT2D eigenvalue weighted by atomic mass is 35.5. The molecule has 1 aromatic heterocycles. The molecule has 0 aliphatic carbocycles. The van der Waals surface area contributed by atoms with Gasteiger partial charge in [0.25, 0.3) is 5.89 Å². The van der Waals surface area contributed by atoms with Gasteiger partial charge in [-0.05, 0) is 36.2 Å². The third kappa shape index (κ3) is 4.83. The average Bonchev–Trinajstić information content (AvgIpc) is 3.19. The summed E-state index contributed by atoms with van der Waals surface area (Å²) in [5.41, 5.74) is 3.07. The molecule has 2 heterocycles. The summed E-state index contributed by atoms with van der Waals surface area (Å²) in [6.45, 7) is 5.65. The molecule has 2 aromatic carbocycles. The highest BCUT2D eigenvalue weighted by molar-refractivity contribution is 6.30. The first-order chi connectivity index (χ1) is 14.1. The van der Waals surface area contributed by atoms with Crippen molar-refractivity contribution >= 4 is 17.5 Å². The Kier molecular flexibility index (Phi) is 5.92. The molecule has 1 amide bonds. The zero-order chi connectivity index (χ0) is 20.2. The van der Waals surface area contributed by atoms with Crippen LogP contribution < -0.4 is 0 Å². The maximum Gasteiger partial charge on any atom is 0.258 e. The lowest BCUT2D eigenvalue weighted by molar-refractivity contribution is -0.132. The van der Waals surface area contributed by atoms with Gasteiger partial charge in [0.05, 0.1) is 13.0 Å². The number of piperazine rings is 1. The number of nitrogens with zero attached hydrogens (tertiary/aromatic N) is 4. The topological polar surface area (TPSA) is 62.5 Å². The molecule has 1 aliphatic rings. The van der Waals surface area contributed by atoms with Crippen molar-refractivity contribution in [1.82, 2.24) is 19.9 Å². The molecule has 0 atom stereocenters. The normalized spacial score (nSPS) is 14.9. The Labute approximate surface area is 175 Å². The Morgan fingerprint density at radius 3 is 2.66 bits per heavy atom. The van der Waals surface area contributed by atoms with Crippen LogP contribution in [0.5, 0.6) is 0 Å². The van der Waals surface area contributed by atoms with Gasteiger partial charge in [-0.2, -0.15) is 4.98 Å². The summed E-state index contributed by atoms with van der Waals surface area (Å²) in [7, 11) is 0. The van der Waals surface area contributed by atoms with Gasteiger partial charge in [0.1, 0.15) is 0 Å². The second kappa shape index (κ2) is 8.76. The van der Waals surface area contributed by atoms with E-state index in [1.807, 2.05) is 54.3 Å². The minimum atomic E-state index is 0.182. The quantitative estimate of drug-likeness (QED) is 0.643. The number of hydrogen-bond acceptors (Lipinski definition) is 5. The van der Waals surface area contributed by atoms with Gasteiger partial charge in [0.15, 0.2) is 5.82 Å². The first-order valence-electron chi connectivity index (χ1n) is 9.71. The van der Waals surface area contributed by atoms with Crippen LogP contribution in [0.4, 0.5) is 0 Å². The van der Waals surface area contributed by atoms with Crippen LogP contribution in [0.2, 0.25) is 5.02 Å². The molecule has 0 N–H and O–H groups in total. The zero-order valence-corrected chi connectivity index (χ0v) is 17.1. The van der Waals surface area contributed by atoms with Crippen LogP contribution in [0, 0.1) is 6.92 Å². The van der Waals surface area contributed by atoms with E-state index in [9.17, 15) is 4.79 Å². The van der Waals surface area contributed by atoms with Crippen molar-refractivity contribution < 1.29 is 9.32 Å². The predicted molar refractivity (Wildman–Crippen MR) is 111 cm³/mol. The largest absolute Gasteiger partial charge is 0.340 e. The molecular weight excluding hydrogens is 388 g/mol. The van der Waals surface area contributed by atoms with Crippen LogP contribution in [0.1, 0.15) is 17.0 Å². The molecule has 0 unspecified atom stereocenters. The van der Waals surface area contributed by atoms with E-state index in [2.05, 4.69) is 15.0 Å². The Hall–Kier alpha value is -2.70. The third-order valence-electron chi connectivity index (χ3n) is 5.23. The molecule has 0 radical (unpaired) electrons. The van der Waals surface area contributed by atoms with Crippen molar-refractivity contribution in [1.29, 1.82) is 0 Å². The van der Waals surface area contributed by atoms with Gasteiger partial charge >= 0.3 is 0 Å². The van der Waals surface area contributed by atoms with Gasteiger partial charge in [-0.25, -0.2) is 0 Å². The van der Waals surface area contributed by atoms with Crippen molar-refractivity contribution in [2.45, 2.75) is 19.9 Å². The molecule has 4 rings (SSSR count). The zero-order valence-electron chi connectivity index (χ0n) is 16.3. The summed E-state index contributed by atoms with van der Waals surface area (Å²) in [5.74, 6) is 1.29. The fourth-order valence-corrected chi connectivity index (χ4v) is 3.69. The van der Waals surface area contributed by atoms with Crippen LogP contribution in [-0.4, -0.2) is 52.0 Å². The minimum Gasteiger partial charge on any atom is -0.340 e. The Morgan fingerprint density at radius 1 is 1.10 bits per heavy atom. The second-order valence-electron chi connectivity index (χ2n) is 7.29. The number of aromatic nitrogens is 2. The van der Waals surface area contributed by atoms with E-state index in [0.29, 0.717) is 42.8 Å². The molecule has 150 valence electrons. The number of hydrogen-bond donors (Lipinski definition) is 0. The first kappa shape index (κ1) is 19.6. The summed E-state index contributed by atoms with van der Waals surface area (Å²) >= 11 is 6.03. The molecule has 0 bridgehead atoms. The number of aryl methyl sites for hydroxylation is 1. The number of benzene rings is 2.